The van der Waals surface area contributed by atoms with Crippen molar-refractivity contribution in [3.05, 3.63) is 0 Å². The van der Waals surface area contributed by atoms with Crippen LogP contribution in [-0.2, 0) is 0 Å². The van der Waals surface area contributed by atoms with E-state index in [1.165, 1.54) is 0 Å². The van der Waals surface area contributed by atoms with Gasteiger partial charge in [0.1, 0.15) is 0 Å². The first-order valence-electron chi connectivity index (χ1n) is 3.33. The molecular weight excluding hydrogens is 148 g/mol. The predicted octanol–water partition coefficient (Wildman–Crippen LogP) is -1.10. The van der Waals surface area contributed by atoms with E-state index in [9.17, 15) is 9.59 Å². The Balaban J connectivity index is 2.43. The zero-order valence-electron chi connectivity index (χ0n) is 6.10. The van der Waals surface area contributed by atoms with Gasteiger partial charge in [-0.1, -0.05) is 6.92 Å². The zero-order valence-corrected chi connectivity index (χ0v) is 6.10. The van der Waals surface area contributed by atoms with E-state index in [1.807, 2.05) is 12.2 Å². The van der Waals surface area contributed by atoms with Gasteiger partial charge in [0.25, 0.3) is 0 Å². The molecule has 1 heterocycles. The summed E-state index contributed by atoms with van der Waals surface area (Å²) < 4.78 is 0. The second kappa shape index (κ2) is 3.20. The Morgan fingerprint density at radius 2 is 1.91 bits per heavy atom. The van der Waals surface area contributed by atoms with Gasteiger partial charge in [0.2, 0.25) is 0 Å². The quantitative estimate of drug-likeness (QED) is 0.412. The molecule has 1 aliphatic rings. The van der Waals surface area contributed by atoms with Crippen LogP contribution in [0.1, 0.15) is 6.92 Å². The maximum Gasteiger partial charge on any atom is 0.325 e. The molecule has 0 bridgehead atoms. The fourth-order valence-electron chi connectivity index (χ4n) is 0.780. The van der Waals surface area contributed by atoms with E-state index >= 15 is 0 Å². The molecule has 0 atom stereocenters. The summed E-state index contributed by atoms with van der Waals surface area (Å²) in [5.74, 6) is 0. The molecule has 0 aromatic carbocycles. The fraction of sp³-hybridized carbons (Fsp3) is 0.600. The van der Waals surface area contributed by atoms with Crippen LogP contribution < -0.4 is 21.3 Å². The number of hydrogen-bond donors (Lipinski definition) is 4. The van der Waals surface area contributed by atoms with Crippen LogP contribution in [0.2, 0.25) is 0 Å². The van der Waals surface area contributed by atoms with Crippen LogP contribution in [0.25, 0.3) is 0 Å². The van der Waals surface area contributed by atoms with E-state index in [-0.39, 0.29) is 0 Å². The summed E-state index contributed by atoms with van der Waals surface area (Å²) in [5, 5.41) is 9.78. The third kappa shape index (κ3) is 2.08. The van der Waals surface area contributed by atoms with Crippen LogP contribution >= 0.6 is 0 Å². The average molecular weight is 158 g/mol. The first-order valence-corrected chi connectivity index (χ1v) is 3.33. The lowest BCUT2D eigenvalue weighted by molar-refractivity contribution is 0.204. The van der Waals surface area contributed by atoms with Gasteiger partial charge in [-0.15, -0.1) is 0 Å². The van der Waals surface area contributed by atoms with E-state index in [0.29, 0.717) is 6.54 Å². The summed E-state index contributed by atoms with van der Waals surface area (Å²) in [4.78, 5) is 21.3. The summed E-state index contributed by atoms with van der Waals surface area (Å²) in [6, 6.07) is -0.973. The van der Waals surface area contributed by atoms with E-state index < -0.39 is 18.4 Å². The van der Waals surface area contributed by atoms with Crippen LogP contribution in [-0.4, -0.2) is 24.9 Å². The summed E-state index contributed by atoms with van der Waals surface area (Å²) >= 11 is 0. The molecule has 1 rings (SSSR count). The maximum absolute atomic E-state index is 10.6. The van der Waals surface area contributed by atoms with Crippen molar-refractivity contribution in [1.82, 2.24) is 21.3 Å². The van der Waals surface area contributed by atoms with Crippen LogP contribution in [0, 0.1) is 0 Å². The minimum absolute atomic E-state index is 0.457. The summed E-state index contributed by atoms with van der Waals surface area (Å²) in [6.07, 6.45) is -0.457. The standard InChI is InChI=1S/C5H10N4O2/c1-2-6-3-7-4(10)9-5(11)8-3/h3,6H,2H2,1H3,(H3,7,8,9,10,11). The van der Waals surface area contributed by atoms with Crippen molar-refractivity contribution in [3.8, 4) is 0 Å². The van der Waals surface area contributed by atoms with E-state index in [2.05, 4.69) is 16.0 Å². The Labute approximate surface area is 63.7 Å². The van der Waals surface area contributed by atoms with Gasteiger partial charge in [-0.05, 0) is 6.54 Å². The number of rotatable bonds is 2. The molecule has 0 aromatic rings. The van der Waals surface area contributed by atoms with Crippen molar-refractivity contribution >= 4 is 12.1 Å². The van der Waals surface area contributed by atoms with Crippen LogP contribution in [0.3, 0.4) is 0 Å². The number of hydrogen-bond acceptors (Lipinski definition) is 3. The van der Waals surface area contributed by atoms with Crippen LogP contribution in [0.15, 0.2) is 0 Å². The van der Waals surface area contributed by atoms with Gasteiger partial charge in [0.15, 0.2) is 6.29 Å². The van der Waals surface area contributed by atoms with Crippen LogP contribution in [0.4, 0.5) is 9.59 Å². The highest BCUT2D eigenvalue weighted by Crippen LogP contribution is 1.80. The van der Waals surface area contributed by atoms with Crippen molar-refractivity contribution in [3.63, 3.8) is 0 Å². The topological polar surface area (TPSA) is 82.3 Å². The number of carbonyl (C=O) groups is 2. The summed E-state index contributed by atoms with van der Waals surface area (Å²) in [5.41, 5.74) is 0. The largest absolute Gasteiger partial charge is 0.325 e. The number of amides is 4. The summed E-state index contributed by atoms with van der Waals surface area (Å²) in [6.45, 7) is 2.55. The fourth-order valence-corrected chi connectivity index (χ4v) is 0.780. The maximum atomic E-state index is 10.6. The molecule has 11 heavy (non-hydrogen) atoms. The lowest BCUT2D eigenvalue weighted by atomic mass is 10.6. The molecule has 6 heteroatoms. The van der Waals surface area contributed by atoms with Crippen molar-refractivity contribution in [2.75, 3.05) is 6.54 Å². The van der Waals surface area contributed by atoms with Gasteiger partial charge < -0.3 is 10.6 Å². The highest BCUT2D eigenvalue weighted by Gasteiger charge is 2.20. The molecule has 0 radical (unpaired) electrons. The van der Waals surface area contributed by atoms with Gasteiger partial charge in [-0.2, -0.15) is 0 Å². The first-order chi connectivity index (χ1) is 5.22. The highest BCUT2D eigenvalue weighted by atomic mass is 16.2. The number of imide groups is 1. The molecule has 4 N–H and O–H groups in total. The molecule has 0 unspecified atom stereocenters. The predicted molar refractivity (Wildman–Crippen MR) is 37.7 cm³/mol. The molecule has 1 saturated heterocycles. The molecule has 0 saturated carbocycles. The second-order valence-corrected chi connectivity index (χ2v) is 2.06. The third-order valence-electron chi connectivity index (χ3n) is 1.19. The molecule has 62 valence electrons. The Morgan fingerprint density at radius 3 is 2.36 bits per heavy atom. The number of carbonyl (C=O) groups excluding carboxylic acids is 2. The van der Waals surface area contributed by atoms with E-state index in [4.69, 9.17) is 0 Å². The lowest BCUT2D eigenvalue weighted by Crippen LogP contribution is -2.66. The SMILES string of the molecule is CCNC1NC(=O)NC(=O)N1. The molecule has 6 nitrogen and oxygen atoms in total. The number of urea groups is 2. The van der Waals surface area contributed by atoms with E-state index in [0.717, 1.165) is 0 Å². The molecule has 0 aliphatic carbocycles. The van der Waals surface area contributed by atoms with Crippen molar-refractivity contribution in [2.24, 2.45) is 0 Å². The smallest absolute Gasteiger partial charge is 0.305 e. The second-order valence-electron chi connectivity index (χ2n) is 2.06. The third-order valence-corrected chi connectivity index (χ3v) is 1.19. The van der Waals surface area contributed by atoms with Crippen molar-refractivity contribution < 1.29 is 9.59 Å². The Hall–Kier alpha value is -1.30. The summed E-state index contributed by atoms with van der Waals surface area (Å²) in [7, 11) is 0. The van der Waals surface area contributed by atoms with Crippen molar-refractivity contribution in [2.45, 2.75) is 13.2 Å². The molecule has 0 spiro atoms. The molecule has 1 aliphatic heterocycles. The minimum Gasteiger partial charge on any atom is -0.305 e. The first kappa shape index (κ1) is 7.80. The van der Waals surface area contributed by atoms with E-state index in [1.54, 1.807) is 0 Å². The Kier molecular flexibility index (Phi) is 2.27. The van der Waals surface area contributed by atoms with Crippen molar-refractivity contribution in [1.29, 1.82) is 0 Å². The van der Waals surface area contributed by atoms with Gasteiger partial charge in [-0.3, -0.25) is 10.6 Å². The molecule has 1 fully saturated rings. The monoisotopic (exact) mass is 158 g/mol. The van der Waals surface area contributed by atoms with Crippen LogP contribution in [0.5, 0.6) is 0 Å². The Bertz CT molecular complexity index is 165. The lowest BCUT2D eigenvalue weighted by Gasteiger charge is -2.24. The van der Waals surface area contributed by atoms with Gasteiger partial charge in [-0.25, -0.2) is 9.59 Å². The molecule has 0 aromatic heterocycles. The molecular formula is C5H10N4O2. The van der Waals surface area contributed by atoms with Gasteiger partial charge in [0, 0.05) is 0 Å². The molecule has 4 amide bonds. The number of nitrogens with one attached hydrogen (secondary N) is 4. The average Bonchev–Trinajstić information content (AvgIpc) is 1.85. The van der Waals surface area contributed by atoms with Gasteiger partial charge >= 0.3 is 12.1 Å². The normalized spacial score (nSPS) is 18.6. The zero-order chi connectivity index (χ0) is 8.27. The minimum atomic E-state index is -0.486. The highest BCUT2D eigenvalue weighted by molar-refractivity contribution is 5.95. The Morgan fingerprint density at radius 1 is 1.36 bits per heavy atom. The van der Waals surface area contributed by atoms with Gasteiger partial charge in [0.05, 0.1) is 0 Å².